The second-order valence-corrected chi connectivity index (χ2v) is 4.95. The van der Waals surface area contributed by atoms with E-state index in [9.17, 15) is 4.79 Å². The van der Waals surface area contributed by atoms with Gasteiger partial charge >= 0.3 is 0 Å². The predicted molar refractivity (Wildman–Crippen MR) is 77.9 cm³/mol. The molecule has 0 atom stereocenters. The average molecular weight is 287 g/mol. The summed E-state index contributed by atoms with van der Waals surface area (Å²) in [5.41, 5.74) is 0.556. The van der Waals surface area contributed by atoms with Gasteiger partial charge in [0.15, 0.2) is 5.82 Å². The summed E-state index contributed by atoms with van der Waals surface area (Å²) in [5, 5.41) is 0. The number of hydrogen-bond acceptors (Lipinski definition) is 6. The van der Waals surface area contributed by atoms with Crippen LogP contribution in [0.15, 0.2) is 23.3 Å². The van der Waals surface area contributed by atoms with Crippen LogP contribution in [0.25, 0.3) is 5.82 Å². The van der Waals surface area contributed by atoms with Gasteiger partial charge < -0.3 is 9.64 Å². The minimum atomic E-state index is -0.145. The van der Waals surface area contributed by atoms with Crippen LogP contribution in [0.4, 0.5) is 5.82 Å². The van der Waals surface area contributed by atoms with Crippen LogP contribution in [0.3, 0.4) is 0 Å². The van der Waals surface area contributed by atoms with Crippen LogP contribution in [0, 0.1) is 13.8 Å². The number of morpholine rings is 1. The number of aromatic nitrogens is 4. The zero-order valence-corrected chi connectivity index (χ0v) is 12.1. The van der Waals surface area contributed by atoms with E-state index in [0.29, 0.717) is 30.5 Å². The van der Waals surface area contributed by atoms with Gasteiger partial charge in [0.25, 0.3) is 5.56 Å². The molecule has 1 saturated heterocycles. The predicted octanol–water partition coefficient (Wildman–Crippen LogP) is 0.476. The number of nitrogens with zero attached hydrogens (tertiary/aromatic N) is 5. The Morgan fingerprint density at radius 3 is 2.38 bits per heavy atom. The molecule has 0 N–H and O–H groups in total. The van der Waals surface area contributed by atoms with Gasteiger partial charge in [0, 0.05) is 24.8 Å². The van der Waals surface area contributed by atoms with Crippen molar-refractivity contribution in [1.82, 2.24) is 19.5 Å². The minimum Gasteiger partial charge on any atom is -0.378 e. The zero-order valence-electron chi connectivity index (χ0n) is 12.1. The van der Waals surface area contributed by atoms with Gasteiger partial charge in [-0.25, -0.2) is 19.5 Å². The quantitative estimate of drug-likeness (QED) is 0.799. The summed E-state index contributed by atoms with van der Waals surface area (Å²) in [6.45, 7) is 6.59. The fraction of sp³-hybridized carbons (Fsp3) is 0.429. The highest BCUT2D eigenvalue weighted by Crippen LogP contribution is 2.12. The Kier molecular flexibility index (Phi) is 3.66. The molecule has 1 aliphatic rings. The van der Waals surface area contributed by atoms with Crippen molar-refractivity contribution in [2.75, 3.05) is 31.2 Å². The number of rotatable bonds is 2. The molecule has 3 heterocycles. The average Bonchev–Trinajstić information content (AvgIpc) is 2.48. The van der Waals surface area contributed by atoms with E-state index >= 15 is 0 Å². The molecule has 7 nitrogen and oxygen atoms in total. The molecule has 2 aromatic heterocycles. The summed E-state index contributed by atoms with van der Waals surface area (Å²) < 4.78 is 6.77. The topological polar surface area (TPSA) is 73.1 Å². The Labute approximate surface area is 122 Å². The fourth-order valence-electron chi connectivity index (χ4n) is 2.40. The normalized spacial score (nSPS) is 15.2. The lowest BCUT2D eigenvalue weighted by Gasteiger charge is -2.27. The Morgan fingerprint density at radius 1 is 1.10 bits per heavy atom. The molecule has 0 amide bonds. The van der Waals surface area contributed by atoms with Crippen LogP contribution in [0.5, 0.6) is 0 Å². The lowest BCUT2D eigenvalue weighted by Crippen LogP contribution is -2.36. The van der Waals surface area contributed by atoms with E-state index in [4.69, 9.17) is 4.74 Å². The van der Waals surface area contributed by atoms with Crippen LogP contribution in [0.1, 0.15) is 11.5 Å². The monoisotopic (exact) mass is 287 g/mol. The summed E-state index contributed by atoms with van der Waals surface area (Å²) in [6, 6.07) is 1.49. The number of anilines is 1. The minimum absolute atomic E-state index is 0.145. The molecular weight excluding hydrogens is 270 g/mol. The smallest absolute Gasteiger partial charge is 0.259 e. The first kappa shape index (κ1) is 13.7. The summed E-state index contributed by atoms with van der Waals surface area (Å²) in [4.78, 5) is 27.2. The summed E-state index contributed by atoms with van der Waals surface area (Å²) in [7, 11) is 0. The van der Waals surface area contributed by atoms with E-state index in [0.717, 1.165) is 18.9 Å². The third kappa shape index (κ3) is 2.78. The van der Waals surface area contributed by atoms with Gasteiger partial charge in [-0.2, -0.15) is 0 Å². The largest absolute Gasteiger partial charge is 0.378 e. The Balaban J connectivity index is 1.92. The first-order valence-corrected chi connectivity index (χ1v) is 6.87. The highest BCUT2D eigenvalue weighted by atomic mass is 16.5. The fourth-order valence-corrected chi connectivity index (χ4v) is 2.40. The van der Waals surface area contributed by atoms with Crippen LogP contribution in [-0.4, -0.2) is 45.8 Å². The SMILES string of the molecule is Cc1cc(=O)n(-c2cnc(N3CCOCC3)cn2)c(C)n1. The molecule has 0 unspecified atom stereocenters. The molecular formula is C14H17N5O2. The van der Waals surface area contributed by atoms with Crippen molar-refractivity contribution in [3.8, 4) is 5.82 Å². The summed E-state index contributed by atoms with van der Waals surface area (Å²) >= 11 is 0. The van der Waals surface area contributed by atoms with E-state index in [-0.39, 0.29) is 5.56 Å². The molecule has 0 saturated carbocycles. The Hall–Kier alpha value is -2.28. The third-order valence-corrected chi connectivity index (χ3v) is 3.40. The lowest BCUT2D eigenvalue weighted by molar-refractivity contribution is 0.122. The van der Waals surface area contributed by atoms with Crippen molar-refractivity contribution < 1.29 is 4.74 Å². The number of ether oxygens (including phenoxy) is 1. The molecule has 21 heavy (non-hydrogen) atoms. The van der Waals surface area contributed by atoms with Crippen molar-refractivity contribution >= 4 is 5.82 Å². The highest BCUT2D eigenvalue weighted by molar-refractivity contribution is 5.38. The first-order chi connectivity index (χ1) is 10.1. The van der Waals surface area contributed by atoms with Crippen molar-refractivity contribution in [2.24, 2.45) is 0 Å². The Bertz CT molecular complexity index is 690. The lowest BCUT2D eigenvalue weighted by atomic mass is 10.4. The second-order valence-electron chi connectivity index (χ2n) is 4.95. The maximum atomic E-state index is 12.1. The molecule has 0 spiro atoms. The maximum absolute atomic E-state index is 12.1. The van der Waals surface area contributed by atoms with E-state index < -0.39 is 0 Å². The highest BCUT2D eigenvalue weighted by Gasteiger charge is 2.13. The second kappa shape index (κ2) is 5.61. The van der Waals surface area contributed by atoms with Gasteiger partial charge in [0.1, 0.15) is 11.6 Å². The van der Waals surface area contributed by atoms with Gasteiger partial charge in [0.05, 0.1) is 25.6 Å². The van der Waals surface area contributed by atoms with Gasteiger partial charge in [-0.1, -0.05) is 0 Å². The molecule has 2 aromatic rings. The molecule has 0 aromatic carbocycles. The molecule has 3 rings (SSSR count). The summed E-state index contributed by atoms with van der Waals surface area (Å²) in [6.07, 6.45) is 3.29. The van der Waals surface area contributed by atoms with Crippen LogP contribution >= 0.6 is 0 Å². The van der Waals surface area contributed by atoms with E-state index in [1.165, 1.54) is 10.6 Å². The van der Waals surface area contributed by atoms with Crippen LogP contribution < -0.4 is 10.5 Å². The van der Waals surface area contributed by atoms with Gasteiger partial charge in [-0.3, -0.25) is 4.79 Å². The van der Waals surface area contributed by atoms with Crippen LogP contribution in [0.2, 0.25) is 0 Å². The Morgan fingerprint density at radius 2 is 1.76 bits per heavy atom. The molecule has 110 valence electrons. The molecule has 0 bridgehead atoms. The molecule has 1 aliphatic heterocycles. The van der Waals surface area contributed by atoms with Crippen molar-refractivity contribution in [3.63, 3.8) is 0 Å². The van der Waals surface area contributed by atoms with E-state index in [1.54, 1.807) is 26.2 Å². The number of aryl methyl sites for hydroxylation is 2. The molecule has 0 aliphatic carbocycles. The van der Waals surface area contributed by atoms with Crippen molar-refractivity contribution in [3.05, 3.63) is 40.3 Å². The zero-order chi connectivity index (χ0) is 14.8. The first-order valence-electron chi connectivity index (χ1n) is 6.87. The number of hydrogen-bond donors (Lipinski definition) is 0. The van der Waals surface area contributed by atoms with E-state index in [2.05, 4.69) is 19.9 Å². The molecule has 1 fully saturated rings. The maximum Gasteiger partial charge on any atom is 0.259 e. The van der Waals surface area contributed by atoms with Gasteiger partial charge in [-0.15, -0.1) is 0 Å². The van der Waals surface area contributed by atoms with E-state index in [1.807, 2.05) is 0 Å². The van der Waals surface area contributed by atoms with Crippen molar-refractivity contribution in [1.29, 1.82) is 0 Å². The molecule has 0 radical (unpaired) electrons. The van der Waals surface area contributed by atoms with Crippen LogP contribution in [-0.2, 0) is 4.74 Å². The molecule has 7 heteroatoms. The van der Waals surface area contributed by atoms with Gasteiger partial charge in [0.2, 0.25) is 0 Å². The summed E-state index contributed by atoms with van der Waals surface area (Å²) in [5.74, 6) is 1.89. The standard InChI is InChI=1S/C14H17N5O2/c1-10-7-14(20)19(11(2)17-10)13-9-15-12(8-16-13)18-3-5-21-6-4-18/h7-9H,3-6H2,1-2H3. The third-order valence-electron chi connectivity index (χ3n) is 3.40. The van der Waals surface area contributed by atoms with Crippen molar-refractivity contribution in [2.45, 2.75) is 13.8 Å². The van der Waals surface area contributed by atoms with Gasteiger partial charge in [-0.05, 0) is 13.8 Å².